The van der Waals surface area contributed by atoms with E-state index in [9.17, 15) is 13.6 Å². The van der Waals surface area contributed by atoms with Gasteiger partial charge in [0.1, 0.15) is 11.6 Å². The number of benzene rings is 2. The van der Waals surface area contributed by atoms with Gasteiger partial charge in [-0.2, -0.15) is 0 Å². The summed E-state index contributed by atoms with van der Waals surface area (Å²) in [6, 6.07) is 12.2. The van der Waals surface area contributed by atoms with Gasteiger partial charge in [0.25, 0.3) is 0 Å². The molecule has 22 heavy (non-hydrogen) atoms. The Morgan fingerprint density at radius 2 is 1.50 bits per heavy atom. The van der Waals surface area contributed by atoms with Crippen LogP contribution in [0.15, 0.2) is 48.5 Å². The van der Waals surface area contributed by atoms with E-state index in [4.69, 9.17) is 0 Å². The first-order chi connectivity index (χ1) is 10.6. The third kappa shape index (κ3) is 3.01. The van der Waals surface area contributed by atoms with Crippen molar-refractivity contribution in [3.05, 3.63) is 71.3 Å². The largest absolute Gasteiger partial charge is 0.346 e. The highest BCUT2D eigenvalue weighted by Crippen LogP contribution is 2.41. The van der Waals surface area contributed by atoms with Crippen LogP contribution in [-0.2, 0) is 16.8 Å². The number of amides is 1. The molecule has 2 aromatic carbocycles. The van der Waals surface area contributed by atoms with Crippen LogP contribution in [-0.4, -0.2) is 5.91 Å². The molecule has 1 saturated carbocycles. The Balaban J connectivity index is 1.71. The lowest BCUT2D eigenvalue weighted by Crippen LogP contribution is -2.51. The van der Waals surface area contributed by atoms with E-state index in [1.54, 1.807) is 24.3 Å². The molecule has 0 atom stereocenters. The minimum absolute atomic E-state index is 0.101. The Hall–Kier alpha value is -2.23. The number of nitrogens with one attached hydrogen (secondary N) is 1. The molecular weight excluding hydrogens is 284 g/mol. The SMILES string of the molecule is O=C(Cc1ccc(F)cc1)NC1(c2ccc(F)cc2)CCC1. The highest BCUT2D eigenvalue weighted by molar-refractivity contribution is 5.79. The summed E-state index contributed by atoms with van der Waals surface area (Å²) in [4.78, 5) is 12.3. The molecule has 0 radical (unpaired) electrons. The van der Waals surface area contributed by atoms with Crippen LogP contribution in [0.1, 0.15) is 30.4 Å². The number of rotatable bonds is 4. The second-order valence-corrected chi connectivity index (χ2v) is 5.79. The van der Waals surface area contributed by atoms with Crippen molar-refractivity contribution in [2.45, 2.75) is 31.2 Å². The molecule has 1 fully saturated rings. The number of carbonyl (C=O) groups excluding carboxylic acids is 1. The topological polar surface area (TPSA) is 29.1 Å². The molecule has 1 amide bonds. The van der Waals surface area contributed by atoms with Gasteiger partial charge in [0.2, 0.25) is 5.91 Å². The van der Waals surface area contributed by atoms with Crippen molar-refractivity contribution < 1.29 is 13.6 Å². The molecule has 4 heteroatoms. The molecule has 0 unspecified atom stereocenters. The summed E-state index contributed by atoms with van der Waals surface area (Å²) in [5.41, 5.74) is 1.32. The van der Waals surface area contributed by atoms with Crippen molar-refractivity contribution in [1.82, 2.24) is 5.32 Å². The summed E-state index contributed by atoms with van der Waals surface area (Å²) < 4.78 is 25.9. The zero-order valence-corrected chi connectivity index (χ0v) is 12.1. The van der Waals surface area contributed by atoms with Gasteiger partial charge in [0, 0.05) is 0 Å². The van der Waals surface area contributed by atoms with E-state index in [2.05, 4.69) is 5.32 Å². The molecule has 114 valence electrons. The van der Waals surface area contributed by atoms with Gasteiger partial charge in [-0.25, -0.2) is 8.78 Å². The minimum atomic E-state index is -0.384. The maximum Gasteiger partial charge on any atom is 0.225 e. The van der Waals surface area contributed by atoms with E-state index in [0.29, 0.717) is 0 Å². The van der Waals surface area contributed by atoms with Crippen LogP contribution < -0.4 is 5.32 Å². The maximum absolute atomic E-state index is 13.1. The van der Waals surface area contributed by atoms with Crippen molar-refractivity contribution in [3.63, 3.8) is 0 Å². The monoisotopic (exact) mass is 301 g/mol. The smallest absolute Gasteiger partial charge is 0.225 e. The first-order valence-electron chi connectivity index (χ1n) is 7.39. The van der Waals surface area contributed by atoms with Gasteiger partial charge in [-0.15, -0.1) is 0 Å². The lowest BCUT2D eigenvalue weighted by Gasteiger charge is -2.43. The average Bonchev–Trinajstić information content (AvgIpc) is 2.46. The number of hydrogen-bond acceptors (Lipinski definition) is 1. The molecule has 0 bridgehead atoms. The molecule has 0 heterocycles. The lowest BCUT2D eigenvalue weighted by molar-refractivity contribution is -0.123. The first kappa shape index (κ1) is 14.7. The second-order valence-electron chi connectivity index (χ2n) is 5.79. The molecule has 1 aliphatic carbocycles. The molecule has 3 rings (SSSR count). The van der Waals surface area contributed by atoms with Crippen molar-refractivity contribution in [2.75, 3.05) is 0 Å². The highest BCUT2D eigenvalue weighted by atomic mass is 19.1. The molecule has 0 aliphatic heterocycles. The Bertz CT molecular complexity index is 660. The summed E-state index contributed by atoms with van der Waals surface area (Å²) in [5, 5.41) is 3.07. The summed E-state index contributed by atoms with van der Waals surface area (Å²) in [5.74, 6) is -0.697. The maximum atomic E-state index is 13.1. The minimum Gasteiger partial charge on any atom is -0.346 e. The summed E-state index contributed by atoms with van der Waals surface area (Å²) in [6.45, 7) is 0. The van der Waals surface area contributed by atoms with E-state index in [0.717, 1.165) is 30.4 Å². The molecule has 2 nitrogen and oxygen atoms in total. The van der Waals surface area contributed by atoms with Crippen LogP contribution in [0, 0.1) is 11.6 Å². The Kier molecular flexibility index (Phi) is 3.92. The quantitative estimate of drug-likeness (QED) is 0.916. The third-order valence-electron chi connectivity index (χ3n) is 4.26. The summed E-state index contributed by atoms with van der Waals surface area (Å²) >= 11 is 0. The highest BCUT2D eigenvalue weighted by Gasteiger charge is 2.39. The van der Waals surface area contributed by atoms with Crippen LogP contribution >= 0.6 is 0 Å². The number of carbonyl (C=O) groups is 1. The molecule has 2 aromatic rings. The molecule has 1 N–H and O–H groups in total. The van der Waals surface area contributed by atoms with Gasteiger partial charge in [0.15, 0.2) is 0 Å². The van der Waals surface area contributed by atoms with Crippen molar-refractivity contribution >= 4 is 5.91 Å². The molecular formula is C18H17F2NO. The first-order valence-corrected chi connectivity index (χ1v) is 7.39. The molecule has 0 spiro atoms. The van der Waals surface area contributed by atoms with Crippen LogP contribution in [0.3, 0.4) is 0 Å². The Labute approximate surface area is 128 Å². The van der Waals surface area contributed by atoms with Gasteiger partial charge in [-0.05, 0) is 54.7 Å². The summed E-state index contributed by atoms with van der Waals surface area (Å²) in [6.07, 6.45) is 2.96. The Morgan fingerprint density at radius 3 is 2.00 bits per heavy atom. The molecule has 0 aromatic heterocycles. The Morgan fingerprint density at radius 1 is 0.955 bits per heavy atom. The van der Waals surface area contributed by atoms with Gasteiger partial charge < -0.3 is 5.32 Å². The van der Waals surface area contributed by atoms with Crippen LogP contribution in [0.25, 0.3) is 0 Å². The zero-order chi connectivity index (χ0) is 15.6. The predicted molar refractivity (Wildman–Crippen MR) is 80.2 cm³/mol. The predicted octanol–water partition coefficient (Wildman–Crippen LogP) is 3.70. The average molecular weight is 301 g/mol. The number of halogens is 2. The van der Waals surface area contributed by atoms with E-state index in [1.165, 1.54) is 24.3 Å². The van der Waals surface area contributed by atoms with Crippen LogP contribution in [0.4, 0.5) is 8.78 Å². The second kappa shape index (κ2) is 5.87. The van der Waals surface area contributed by atoms with Gasteiger partial charge in [0.05, 0.1) is 12.0 Å². The van der Waals surface area contributed by atoms with Crippen molar-refractivity contribution in [1.29, 1.82) is 0 Å². The van der Waals surface area contributed by atoms with E-state index >= 15 is 0 Å². The normalized spacial score (nSPS) is 15.9. The fraction of sp³-hybridized carbons (Fsp3) is 0.278. The van der Waals surface area contributed by atoms with E-state index < -0.39 is 0 Å². The van der Waals surface area contributed by atoms with E-state index in [-0.39, 0.29) is 29.5 Å². The van der Waals surface area contributed by atoms with Crippen LogP contribution in [0.2, 0.25) is 0 Å². The zero-order valence-electron chi connectivity index (χ0n) is 12.1. The van der Waals surface area contributed by atoms with Crippen LogP contribution in [0.5, 0.6) is 0 Å². The van der Waals surface area contributed by atoms with E-state index in [1.807, 2.05) is 0 Å². The van der Waals surface area contributed by atoms with Gasteiger partial charge in [-0.1, -0.05) is 24.3 Å². The fourth-order valence-electron chi connectivity index (χ4n) is 2.88. The number of hydrogen-bond donors (Lipinski definition) is 1. The third-order valence-corrected chi connectivity index (χ3v) is 4.26. The van der Waals surface area contributed by atoms with Gasteiger partial charge in [-0.3, -0.25) is 4.79 Å². The fourth-order valence-corrected chi connectivity index (χ4v) is 2.88. The van der Waals surface area contributed by atoms with Crippen molar-refractivity contribution in [2.24, 2.45) is 0 Å². The molecule has 1 aliphatic rings. The summed E-state index contributed by atoms with van der Waals surface area (Å²) in [7, 11) is 0. The standard InChI is InChI=1S/C18H17F2NO/c19-15-6-2-13(3-7-15)12-17(22)21-18(10-1-11-18)14-4-8-16(20)9-5-14/h2-9H,1,10-12H2,(H,21,22). The van der Waals surface area contributed by atoms with Gasteiger partial charge >= 0.3 is 0 Å². The van der Waals surface area contributed by atoms with Crippen molar-refractivity contribution in [3.8, 4) is 0 Å². The molecule has 0 saturated heterocycles. The lowest BCUT2D eigenvalue weighted by atomic mass is 9.71.